The van der Waals surface area contributed by atoms with E-state index in [1.54, 1.807) is 13.0 Å². The summed E-state index contributed by atoms with van der Waals surface area (Å²) in [5.74, 6) is 0.0817. The van der Waals surface area contributed by atoms with E-state index in [2.05, 4.69) is 13.8 Å². The summed E-state index contributed by atoms with van der Waals surface area (Å²) in [7, 11) is 0. The molecule has 4 nitrogen and oxygen atoms in total. The van der Waals surface area contributed by atoms with E-state index in [0.29, 0.717) is 24.7 Å². The lowest BCUT2D eigenvalue weighted by atomic mass is 10.2. The van der Waals surface area contributed by atoms with Crippen molar-refractivity contribution in [1.82, 2.24) is 0 Å². The minimum Gasteiger partial charge on any atom is -0.366 e. The highest BCUT2D eigenvalue weighted by molar-refractivity contribution is 5.91. The molecule has 0 fully saturated rings. The molecule has 0 rings (SSSR count). The molecule has 2 N–H and O–H groups in total. The minimum atomic E-state index is -0.420. The smallest absolute Gasteiger partial charge is 0.244 e. The standard InChI is InChI=1S/C10H19NO3/c1-8(2)6-14-7-13-5-4-9(3)10(11)12/h4,8H,5-7H2,1-3H3,(H2,11,12). The monoisotopic (exact) mass is 201 g/mol. The Hall–Kier alpha value is -0.870. The molecule has 0 saturated carbocycles. The van der Waals surface area contributed by atoms with Crippen LogP contribution in [0, 0.1) is 5.92 Å². The van der Waals surface area contributed by atoms with Gasteiger partial charge in [0.2, 0.25) is 5.91 Å². The molecule has 0 aromatic rings. The molecule has 1 amide bonds. The fraction of sp³-hybridized carbons (Fsp3) is 0.700. The highest BCUT2D eigenvalue weighted by Crippen LogP contribution is 1.93. The number of amides is 1. The normalized spacial score (nSPS) is 12.1. The molecule has 4 heteroatoms. The molecule has 0 spiro atoms. The van der Waals surface area contributed by atoms with Crippen molar-refractivity contribution in [3.8, 4) is 0 Å². The minimum absolute atomic E-state index is 0.251. The van der Waals surface area contributed by atoms with Gasteiger partial charge in [-0.05, 0) is 12.8 Å². The van der Waals surface area contributed by atoms with Crippen molar-refractivity contribution in [2.45, 2.75) is 20.8 Å². The van der Waals surface area contributed by atoms with E-state index in [4.69, 9.17) is 15.2 Å². The Morgan fingerprint density at radius 2 is 2.07 bits per heavy atom. The van der Waals surface area contributed by atoms with Crippen molar-refractivity contribution >= 4 is 5.91 Å². The molecule has 14 heavy (non-hydrogen) atoms. The topological polar surface area (TPSA) is 61.6 Å². The van der Waals surface area contributed by atoms with E-state index in [0.717, 1.165) is 0 Å². The Labute approximate surface area is 85.1 Å². The van der Waals surface area contributed by atoms with Crippen molar-refractivity contribution in [2.24, 2.45) is 11.7 Å². The second-order valence-corrected chi connectivity index (χ2v) is 3.50. The first kappa shape index (κ1) is 13.1. The first-order valence-electron chi connectivity index (χ1n) is 4.66. The molecule has 0 aliphatic carbocycles. The van der Waals surface area contributed by atoms with Crippen molar-refractivity contribution < 1.29 is 14.3 Å². The first-order valence-corrected chi connectivity index (χ1v) is 4.66. The van der Waals surface area contributed by atoms with E-state index >= 15 is 0 Å². The van der Waals surface area contributed by atoms with Crippen LogP contribution in [0.2, 0.25) is 0 Å². The van der Waals surface area contributed by atoms with Crippen LogP contribution in [0.4, 0.5) is 0 Å². The summed E-state index contributed by atoms with van der Waals surface area (Å²) in [4.78, 5) is 10.6. The Morgan fingerprint density at radius 3 is 2.57 bits per heavy atom. The van der Waals surface area contributed by atoms with Crippen molar-refractivity contribution in [3.63, 3.8) is 0 Å². The predicted molar refractivity (Wildman–Crippen MR) is 54.6 cm³/mol. The van der Waals surface area contributed by atoms with Gasteiger partial charge in [0, 0.05) is 5.57 Å². The summed E-state index contributed by atoms with van der Waals surface area (Å²) in [6, 6.07) is 0. The van der Waals surface area contributed by atoms with Crippen LogP contribution in [0.1, 0.15) is 20.8 Å². The van der Waals surface area contributed by atoms with Crippen molar-refractivity contribution in [2.75, 3.05) is 20.0 Å². The van der Waals surface area contributed by atoms with Crippen LogP contribution in [0.5, 0.6) is 0 Å². The Morgan fingerprint density at radius 1 is 1.43 bits per heavy atom. The van der Waals surface area contributed by atoms with Crippen LogP contribution in [0.3, 0.4) is 0 Å². The van der Waals surface area contributed by atoms with E-state index in [-0.39, 0.29) is 6.79 Å². The van der Waals surface area contributed by atoms with Crippen molar-refractivity contribution in [1.29, 1.82) is 0 Å². The average molecular weight is 201 g/mol. The molecule has 0 bridgehead atoms. The van der Waals surface area contributed by atoms with Crippen LogP contribution < -0.4 is 5.73 Å². The number of hydrogen-bond acceptors (Lipinski definition) is 3. The molecule has 0 aromatic carbocycles. The van der Waals surface area contributed by atoms with Gasteiger partial charge in [0.25, 0.3) is 0 Å². The molecule has 0 saturated heterocycles. The molecular weight excluding hydrogens is 182 g/mol. The number of carbonyl (C=O) groups excluding carboxylic acids is 1. The Bertz CT molecular complexity index is 200. The summed E-state index contributed by atoms with van der Waals surface area (Å²) < 4.78 is 10.3. The highest BCUT2D eigenvalue weighted by atomic mass is 16.7. The second-order valence-electron chi connectivity index (χ2n) is 3.50. The van der Waals surface area contributed by atoms with Crippen molar-refractivity contribution in [3.05, 3.63) is 11.6 Å². The second kappa shape index (κ2) is 7.53. The van der Waals surface area contributed by atoms with Crippen LogP contribution in [0.15, 0.2) is 11.6 Å². The van der Waals surface area contributed by atoms with Gasteiger partial charge in [0.05, 0.1) is 13.2 Å². The van der Waals surface area contributed by atoms with Gasteiger partial charge in [0.1, 0.15) is 6.79 Å². The van der Waals surface area contributed by atoms with E-state index in [1.807, 2.05) is 0 Å². The lowest BCUT2D eigenvalue weighted by Crippen LogP contribution is -2.12. The maximum atomic E-state index is 10.6. The van der Waals surface area contributed by atoms with Gasteiger partial charge < -0.3 is 15.2 Å². The molecule has 0 aliphatic heterocycles. The molecule has 0 radical (unpaired) electrons. The summed E-state index contributed by atoms with van der Waals surface area (Å²) in [6.07, 6.45) is 1.64. The average Bonchev–Trinajstić information content (AvgIpc) is 2.09. The van der Waals surface area contributed by atoms with Crippen LogP contribution in [-0.4, -0.2) is 25.9 Å². The van der Waals surface area contributed by atoms with E-state index in [9.17, 15) is 4.79 Å². The zero-order chi connectivity index (χ0) is 11.0. The number of rotatable bonds is 7. The number of hydrogen-bond donors (Lipinski definition) is 1. The van der Waals surface area contributed by atoms with Gasteiger partial charge in [-0.2, -0.15) is 0 Å². The Balaban J connectivity index is 3.38. The van der Waals surface area contributed by atoms with Gasteiger partial charge in [-0.3, -0.25) is 4.79 Å². The summed E-state index contributed by atoms with van der Waals surface area (Å²) in [5, 5.41) is 0. The van der Waals surface area contributed by atoms with Gasteiger partial charge in [-0.1, -0.05) is 19.9 Å². The van der Waals surface area contributed by atoms with Gasteiger partial charge in [-0.15, -0.1) is 0 Å². The number of primary amides is 1. The zero-order valence-corrected chi connectivity index (χ0v) is 9.08. The van der Waals surface area contributed by atoms with E-state index in [1.165, 1.54) is 0 Å². The molecular formula is C10H19NO3. The lowest BCUT2D eigenvalue weighted by molar-refractivity contribution is -0.114. The molecule has 0 atom stereocenters. The van der Waals surface area contributed by atoms with Gasteiger partial charge >= 0.3 is 0 Å². The molecule has 82 valence electrons. The molecule has 0 aliphatic rings. The fourth-order valence-electron chi connectivity index (χ4n) is 0.675. The third kappa shape index (κ3) is 7.76. The molecule has 0 aromatic heterocycles. The SMILES string of the molecule is CC(=CCOCOCC(C)C)C(N)=O. The van der Waals surface area contributed by atoms with E-state index < -0.39 is 5.91 Å². The van der Waals surface area contributed by atoms with Crippen LogP contribution in [-0.2, 0) is 14.3 Å². The predicted octanol–water partition coefficient (Wildman–Crippen LogP) is 1.06. The van der Waals surface area contributed by atoms with Crippen LogP contribution >= 0.6 is 0 Å². The first-order chi connectivity index (χ1) is 6.54. The molecule has 0 unspecified atom stereocenters. The highest BCUT2D eigenvalue weighted by Gasteiger charge is 1.96. The van der Waals surface area contributed by atoms with Crippen LogP contribution in [0.25, 0.3) is 0 Å². The third-order valence-electron chi connectivity index (χ3n) is 1.51. The summed E-state index contributed by atoms with van der Waals surface area (Å²) in [5.41, 5.74) is 5.53. The number of ether oxygens (including phenoxy) is 2. The summed E-state index contributed by atoms with van der Waals surface area (Å²) in [6.45, 7) is 7.07. The largest absolute Gasteiger partial charge is 0.366 e. The van der Waals surface area contributed by atoms with Gasteiger partial charge in [0.15, 0.2) is 0 Å². The third-order valence-corrected chi connectivity index (χ3v) is 1.51. The Kier molecular flexibility index (Phi) is 7.06. The number of nitrogens with two attached hydrogens (primary N) is 1. The number of carbonyl (C=O) groups is 1. The summed E-state index contributed by atoms with van der Waals surface area (Å²) >= 11 is 0. The fourth-order valence-corrected chi connectivity index (χ4v) is 0.675. The quantitative estimate of drug-likeness (QED) is 0.380. The maximum absolute atomic E-state index is 10.6. The van der Waals surface area contributed by atoms with Gasteiger partial charge in [-0.25, -0.2) is 0 Å². The lowest BCUT2D eigenvalue weighted by Gasteiger charge is -2.06. The zero-order valence-electron chi connectivity index (χ0n) is 9.08. The maximum Gasteiger partial charge on any atom is 0.244 e. The molecule has 0 heterocycles.